The van der Waals surface area contributed by atoms with Gasteiger partial charge in [-0.3, -0.25) is 4.90 Å². The highest BCUT2D eigenvalue weighted by molar-refractivity contribution is 6.30. The normalized spacial score (nSPS) is 19.4. The highest BCUT2D eigenvalue weighted by Gasteiger charge is 2.17. The number of hydrogen-bond acceptors (Lipinski definition) is 3. The van der Waals surface area contributed by atoms with Gasteiger partial charge in [0, 0.05) is 43.4 Å². The Bertz CT molecular complexity index is 362. The third kappa shape index (κ3) is 3.60. The third-order valence-electron chi connectivity index (χ3n) is 3.07. The summed E-state index contributed by atoms with van der Waals surface area (Å²) in [5, 5.41) is 10.1. The maximum atomic E-state index is 9.35. The molecular weight excluding hydrogens is 236 g/mol. The number of aliphatic hydroxyl groups excluding tert-OH is 1. The minimum absolute atomic E-state index is 0.243. The molecule has 0 saturated carbocycles. The fraction of sp³-hybridized carbons (Fsp3) is 0.538. The molecule has 1 aliphatic heterocycles. The summed E-state index contributed by atoms with van der Waals surface area (Å²) in [7, 11) is 0. The molecule has 0 aromatic heterocycles. The molecule has 3 nitrogen and oxygen atoms in total. The quantitative estimate of drug-likeness (QED) is 0.892. The van der Waals surface area contributed by atoms with E-state index in [2.05, 4.69) is 15.9 Å². The number of rotatable bonds is 3. The molecular formula is C13H19ClN2O. The largest absolute Gasteiger partial charge is 0.392 e. The lowest BCUT2D eigenvalue weighted by molar-refractivity contribution is 0.123. The number of halogens is 1. The van der Waals surface area contributed by atoms with Crippen molar-refractivity contribution < 1.29 is 5.11 Å². The molecule has 2 rings (SSSR count). The second-order valence-corrected chi connectivity index (χ2v) is 5.05. The van der Waals surface area contributed by atoms with Crippen molar-refractivity contribution in [3.63, 3.8) is 0 Å². The Balaban J connectivity index is 1.91. The first-order chi connectivity index (χ1) is 8.15. The fourth-order valence-corrected chi connectivity index (χ4v) is 2.42. The first-order valence-corrected chi connectivity index (χ1v) is 6.44. The van der Waals surface area contributed by atoms with Crippen molar-refractivity contribution >= 4 is 17.3 Å². The summed E-state index contributed by atoms with van der Waals surface area (Å²) in [5.74, 6) is 0. The van der Waals surface area contributed by atoms with Crippen LogP contribution in [0.15, 0.2) is 24.3 Å². The van der Waals surface area contributed by atoms with Crippen LogP contribution in [0.4, 0.5) is 5.69 Å². The molecule has 17 heavy (non-hydrogen) atoms. The first kappa shape index (κ1) is 12.7. The Morgan fingerprint density at radius 3 is 2.59 bits per heavy atom. The number of anilines is 1. The maximum Gasteiger partial charge on any atom is 0.0639 e. The van der Waals surface area contributed by atoms with Gasteiger partial charge in [-0.15, -0.1) is 0 Å². The van der Waals surface area contributed by atoms with E-state index in [1.165, 1.54) is 5.69 Å². The van der Waals surface area contributed by atoms with Crippen LogP contribution in [0.1, 0.15) is 6.92 Å². The number of piperazine rings is 1. The molecule has 1 aromatic rings. The number of hydrogen-bond donors (Lipinski definition) is 1. The Morgan fingerprint density at radius 2 is 2.00 bits per heavy atom. The molecule has 0 bridgehead atoms. The molecule has 0 radical (unpaired) electrons. The molecule has 1 unspecified atom stereocenters. The lowest BCUT2D eigenvalue weighted by Crippen LogP contribution is -2.48. The average molecular weight is 255 g/mol. The van der Waals surface area contributed by atoms with Crippen molar-refractivity contribution in [3.05, 3.63) is 29.3 Å². The van der Waals surface area contributed by atoms with Crippen LogP contribution < -0.4 is 4.90 Å². The number of nitrogens with zero attached hydrogens (tertiary/aromatic N) is 2. The van der Waals surface area contributed by atoms with Gasteiger partial charge in [-0.2, -0.15) is 0 Å². The third-order valence-corrected chi connectivity index (χ3v) is 3.30. The van der Waals surface area contributed by atoms with Gasteiger partial charge in [-0.25, -0.2) is 0 Å². The predicted octanol–water partition coefficient (Wildman–Crippen LogP) is 1.84. The maximum absolute atomic E-state index is 9.35. The standard InChI is InChI=1S/C13H19ClN2O/c1-11(17)10-15-5-7-16(8-6-15)13-4-2-3-12(14)9-13/h2-4,9,11,17H,5-8,10H2,1H3. The van der Waals surface area contributed by atoms with E-state index in [1.54, 1.807) is 0 Å². The van der Waals surface area contributed by atoms with Crippen molar-refractivity contribution in [1.29, 1.82) is 0 Å². The summed E-state index contributed by atoms with van der Waals surface area (Å²) in [6.45, 7) is 6.59. The molecule has 4 heteroatoms. The lowest BCUT2D eigenvalue weighted by atomic mass is 10.2. The van der Waals surface area contributed by atoms with Gasteiger partial charge < -0.3 is 10.0 Å². The van der Waals surface area contributed by atoms with Crippen LogP contribution in [0.5, 0.6) is 0 Å². The summed E-state index contributed by atoms with van der Waals surface area (Å²) in [4.78, 5) is 4.64. The fourth-order valence-electron chi connectivity index (χ4n) is 2.24. The van der Waals surface area contributed by atoms with Crippen molar-refractivity contribution in [2.75, 3.05) is 37.6 Å². The van der Waals surface area contributed by atoms with Gasteiger partial charge in [0.1, 0.15) is 0 Å². The average Bonchev–Trinajstić information content (AvgIpc) is 2.29. The van der Waals surface area contributed by atoms with Gasteiger partial charge in [0.25, 0.3) is 0 Å². The molecule has 1 N–H and O–H groups in total. The van der Waals surface area contributed by atoms with E-state index in [4.69, 9.17) is 11.6 Å². The van der Waals surface area contributed by atoms with Crippen molar-refractivity contribution in [3.8, 4) is 0 Å². The zero-order valence-electron chi connectivity index (χ0n) is 10.1. The molecule has 0 amide bonds. The smallest absolute Gasteiger partial charge is 0.0639 e. The van der Waals surface area contributed by atoms with Crippen LogP contribution in [0.3, 0.4) is 0 Å². The van der Waals surface area contributed by atoms with Gasteiger partial charge in [0.15, 0.2) is 0 Å². The molecule has 1 aliphatic rings. The predicted molar refractivity (Wildman–Crippen MR) is 71.8 cm³/mol. The van der Waals surface area contributed by atoms with Gasteiger partial charge >= 0.3 is 0 Å². The van der Waals surface area contributed by atoms with Crippen LogP contribution in [0, 0.1) is 0 Å². The first-order valence-electron chi connectivity index (χ1n) is 6.06. The van der Waals surface area contributed by atoms with E-state index in [0.29, 0.717) is 0 Å². The van der Waals surface area contributed by atoms with E-state index in [0.717, 1.165) is 37.7 Å². The molecule has 94 valence electrons. The molecule has 1 saturated heterocycles. The molecule has 1 heterocycles. The Kier molecular flexibility index (Phi) is 4.26. The van der Waals surface area contributed by atoms with E-state index in [9.17, 15) is 5.11 Å². The minimum Gasteiger partial charge on any atom is -0.392 e. The molecule has 1 aromatic carbocycles. The van der Waals surface area contributed by atoms with Crippen LogP contribution in [0.2, 0.25) is 5.02 Å². The van der Waals surface area contributed by atoms with Crippen molar-refractivity contribution in [2.24, 2.45) is 0 Å². The molecule has 0 spiro atoms. The lowest BCUT2D eigenvalue weighted by Gasteiger charge is -2.36. The second-order valence-electron chi connectivity index (χ2n) is 4.62. The number of aliphatic hydroxyl groups is 1. The van der Waals surface area contributed by atoms with Crippen LogP contribution >= 0.6 is 11.6 Å². The molecule has 0 aliphatic carbocycles. The Morgan fingerprint density at radius 1 is 1.29 bits per heavy atom. The van der Waals surface area contributed by atoms with Gasteiger partial charge in [0.2, 0.25) is 0 Å². The van der Waals surface area contributed by atoms with Crippen molar-refractivity contribution in [2.45, 2.75) is 13.0 Å². The number of benzene rings is 1. The SMILES string of the molecule is CC(O)CN1CCN(c2cccc(Cl)c2)CC1. The van der Waals surface area contributed by atoms with Gasteiger partial charge in [-0.1, -0.05) is 17.7 Å². The van der Waals surface area contributed by atoms with E-state index < -0.39 is 0 Å². The highest BCUT2D eigenvalue weighted by atomic mass is 35.5. The topological polar surface area (TPSA) is 26.7 Å². The van der Waals surface area contributed by atoms with Crippen LogP contribution in [-0.2, 0) is 0 Å². The summed E-state index contributed by atoms with van der Waals surface area (Å²) < 4.78 is 0. The molecule has 1 fully saturated rings. The van der Waals surface area contributed by atoms with E-state index >= 15 is 0 Å². The van der Waals surface area contributed by atoms with E-state index in [1.807, 2.05) is 25.1 Å². The van der Waals surface area contributed by atoms with Crippen molar-refractivity contribution in [1.82, 2.24) is 4.90 Å². The number of β-amino-alcohol motifs (C(OH)–C–C–N with tert-alkyl or cyclic N) is 1. The van der Waals surface area contributed by atoms with Crippen LogP contribution in [-0.4, -0.2) is 48.8 Å². The highest BCUT2D eigenvalue weighted by Crippen LogP contribution is 2.20. The second kappa shape index (κ2) is 5.71. The summed E-state index contributed by atoms with van der Waals surface area (Å²) >= 11 is 5.99. The summed E-state index contributed by atoms with van der Waals surface area (Å²) in [6, 6.07) is 7.98. The zero-order chi connectivity index (χ0) is 12.3. The van der Waals surface area contributed by atoms with Gasteiger partial charge in [-0.05, 0) is 25.1 Å². The minimum atomic E-state index is -0.243. The molecule has 1 atom stereocenters. The Labute approximate surface area is 108 Å². The summed E-state index contributed by atoms with van der Waals surface area (Å²) in [6.07, 6.45) is -0.243. The summed E-state index contributed by atoms with van der Waals surface area (Å²) in [5.41, 5.74) is 1.19. The van der Waals surface area contributed by atoms with Gasteiger partial charge in [0.05, 0.1) is 6.10 Å². The van der Waals surface area contributed by atoms with Crippen LogP contribution in [0.25, 0.3) is 0 Å². The zero-order valence-corrected chi connectivity index (χ0v) is 10.9. The van der Waals surface area contributed by atoms with E-state index in [-0.39, 0.29) is 6.10 Å². The Hall–Kier alpha value is -0.770. The monoisotopic (exact) mass is 254 g/mol.